The molecule has 0 aliphatic heterocycles. The molecule has 29 heavy (non-hydrogen) atoms. The fourth-order valence-corrected chi connectivity index (χ4v) is 2.58. The number of amides is 2. The van der Waals surface area contributed by atoms with Crippen molar-refractivity contribution in [3.8, 4) is 0 Å². The molecule has 0 saturated heterocycles. The van der Waals surface area contributed by atoms with E-state index in [4.69, 9.17) is 0 Å². The van der Waals surface area contributed by atoms with Gasteiger partial charge in [-0.3, -0.25) is 9.59 Å². The molecular formula is C21H16F3N3O2. The number of carbonyl (C=O) groups is 2. The molecule has 0 unspecified atom stereocenters. The average Bonchev–Trinajstić information content (AvgIpc) is 2.67. The van der Waals surface area contributed by atoms with Crippen molar-refractivity contribution in [3.05, 3.63) is 83.7 Å². The smallest absolute Gasteiger partial charge is 0.258 e. The van der Waals surface area contributed by atoms with Gasteiger partial charge in [0.1, 0.15) is 0 Å². The molecule has 2 amide bonds. The third-order valence-corrected chi connectivity index (χ3v) is 3.89. The molecule has 0 bridgehead atoms. The second kappa shape index (κ2) is 8.47. The van der Waals surface area contributed by atoms with Gasteiger partial charge in [0.15, 0.2) is 17.5 Å². The first-order chi connectivity index (χ1) is 13.8. The summed E-state index contributed by atoms with van der Waals surface area (Å²) >= 11 is 0. The number of anilines is 4. The maximum atomic E-state index is 13.7. The molecular weight excluding hydrogens is 383 g/mol. The summed E-state index contributed by atoms with van der Waals surface area (Å²) in [4.78, 5) is 23.2. The molecule has 3 rings (SSSR count). The van der Waals surface area contributed by atoms with Crippen LogP contribution in [0.3, 0.4) is 0 Å². The highest BCUT2D eigenvalue weighted by Crippen LogP contribution is 2.22. The summed E-state index contributed by atoms with van der Waals surface area (Å²) < 4.78 is 40.0. The van der Waals surface area contributed by atoms with Crippen molar-refractivity contribution in [2.75, 3.05) is 16.0 Å². The number of hydrogen-bond donors (Lipinski definition) is 3. The van der Waals surface area contributed by atoms with Gasteiger partial charge in [0.2, 0.25) is 5.91 Å². The fourth-order valence-electron chi connectivity index (χ4n) is 2.58. The van der Waals surface area contributed by atoms with Crippen molar-refractivity contribution in [3.63, 3.8) is 0 Å². The molecule has 3 aromatic rings. The predicted octanol–water partition coefficient (Wildman–Crippen LogP) is 5.06. The zero-order valence-corrected chi connectivity index (χ0v) is 15.2. The van der Waals surface area contributed by atoms with E-state index >= 15 is 0 Å². The molecule has 3 aromatic carbocycles. The highest BCUT2D eigenvalue weighted by Gasteiger charge is 2.18. The summed E-state index contributed by atoms with van der Waals surface area (Å²) in [6.45, 7) is 1.42. The molecule has 0 aliphatic carbocycles. The van der Waals surface area contributed by atoms with Crippen LogP contribution in [0.1, 0.15) is 17.3 Å². The van der Waals surface area contributed by atoms with Gasteiger partial charge in [0, 0.05) is 29.7 Å². The van der Waals surface area contributed by atoms with E-state index in [1.165, 1.54) is 6.92 Å². The number of benzene rings is 3. The van der Waals surface area contributed by atoms with Gasteiger partial charge in [0.25, 0.3) is 5.91 Å². The standard InChI is InChI=1S/C21H16F3N3O2/c1-12(28)25-15-3-2-4-16(11-15)26-13-5-7-14(8-6-13)27-21(29)17-9-10-18(22)20(24)19(17)23/h2-11,26H,1H3,(H,25,28)(H,27,29). The molecule has 5 nitrogen and oxygen atoms in total. The lowest BCUT2D eigenvalue weighted by molar-refractivity contribution is -0.114. The van der Waals surface area contributed by atoms with Gasteiger partial charge in [-0.15, -0.1) is 0 Å². The second-order valence-electron chi connectivity index (χ2n) is 6.14. The Bertz CT molecular complexity index is 1070. The summed E-state index contributed by atoms with van der Waals surface area (Å²) in [5, 5.41) is 8.24. The largest absolute Gasteiger partial charge is 0.355 e. The Kier molecular flexibility index (Phi) is 5.82. The lowest BCUT2D eigenvalue weighted by Crippen LogP contribution is -2.15. The van der Waals surface area contributed by atoms with E-state index in [2.05, 4.69) is 16.0 Å². The number of rotatable bonds is 5. The van der Waals surface area contributed by atoms with Gasteiger partial charge in [-0.05, 0) is 54.6 Å². The molecule has 0 aliphatic rings. The Balaban J connectivity index is 1.68. The molecule has 0 atom stereocenters. The fraction of sp³-hybridized carbons (Fsp3) is 0.0476. The van der Waals surface area contributed by atoms with Crippen LogP contribution in [0.2, 0.25) is 0 Å². The Morgan fingerprint density at radius 2 is 1.38 bits per heavy atom. The minimum Gasteiger partial charge on any atom is -0.355 e. The molecule has 0 saturated carbocycles. The summed E-state index contributed by atoms with van der Waals surface area (Å²) in [7, 11) is 0. The number of nitrogens with one attached hydrogen (secondary N) is 3. The van der Waals surface area contributed by atoms with Crippen LogP contribution in [0, 0.1) is 17.5 Å². The van der Waals surface area contributed by atoms with Crippen molar-refractivity contribution in [2.24, 2.45) is 0 Å². The van der Waals surface area contributed by atoms with Gasteiger partial charge < -0.3 is 16.0 Å². The molecule has 0 fully saturated rings. The average molecular weight is 399 g/mol. The molecule has 0 aromatic heterocycles. The lowest BCUT2D eigenvalue weighted by atomic mass is 10.1. The van der Waals surface area contributed by atoms with E-state index in [9.17, 15) is 22.8 Å². The third kappa shape index (κ3) is 4.92. The van der Waals surface area contributed by atoms with E-state index in [0.717, 1.165) is 11.8 Å². The van der Waals surface area contributed by atoms with Crippen LogP contribution in [0.5, 0.6) is 0 Å². The Hall–Kier alpha value is -3.81. The third-order valence-electron chi connectivity index (χ3n) is 3.89. The summed E-state index contributed by atoms with van der Waals surface area (Å²) in [5.74, 6) is -5.68. The monoisotopic (exact) mass is 399 g/mol. The highest BCUT2D eigenvalue weighted by atomic mass is 19.2. The van der Waals surface area contributed by atoms with Gasteiger partial charge in [-0.2, -0.15) is 0 Å². The highest BCUT2D eigenvalue weighted by molar-refractivity contribution is 6.04. The van der Waals surface area contributed by atoms with Gasteiger partial charge in [0.05, 0.1) is 5.56 Å². The maximum absolute atomic E-state index is 13.7. The quantitative estimate of drug-likeness (QED) is 0.526. The number of halogens is 3. The molecule has 0 heterocycles. The molecule has 3 N–H and O–H groups in total. The maximum Gasteiger partial charge on any atom is 0.258 e. The Morgan fingerprint density at radius 3 is 2.07 bits per heavy atom. The van der Waals surface area contributed by atoms with Crippen LogP contribution < -0.4 is 16.0 Å². The van der Waals surface area contributed by atoms with Crippen molar-refractivity contribution < 1.29 is 22.8 Å². The summed E-state index contributed by atoms with van der Waals surface area (Å²) in [6, 6.07) is 15.1. The zero-order chi connectivity index (χ0) is 21.0. The molecule has 0 spiro atoms. The molecule has 8 heteroatoms. The molecule has 0 radical (unpaired) electrons. The zero-order valence-electron chi connectivity index (χ0n) is 15.2. The lowest BCUT2D eigenvalue weighted by Gasteiger charge is -2.10. The van der Waals surface area contributed by atoms with E-state index in [1.54, 1.807) is 42.5 Å². The van der Waals surface area contributed by atoms with Crippen molar-refractivity contribution in [1.82, 2.24) is 0 Å². The van der Waals surface area contributed by atoms with Crippen molar-refractivity contribution >= 4 is 34.6 Å². The summed E-state index contributed by atoms with van der Waals surface area (Å²) in [5.41, 5.74) is 1.82. The normalized spacial score (nSPS) is 10.3. The van der Waals surface area contributed by atoms with Gasteiger partial charge in [-0.25, -0.2) is 13.2 Å². The van der Waals surface area contributed by atoms with E-state index < -0.39 is 28.9 Å². The molecule has 148 valence electrons. The van der Waals surface area contributed by atoms with Crippen LogP contribution in [0.25, 0.3) is 0 Å². The predicted molar refractivity (Wildman–Crippen MR) is 105 cm³/mol. The topological polar surface area (TPSA) is 70.2 Å². The first kappa shape index (κ1) is 19.9. The van der Waals surface area contributed by atoms with Crippen LogP contribution >= 0.6 is 0 Å². The van der Waals surface area contributed by atoms with Crippen molar-refractivity contribution in [2.45, 2.75) is 6.92 Å². The van der Waals surface area contributed by atoms with E-state index in [1.807, 2.05) is 6.07 Å². The number of carbonyl (C=O) groups excluding carboxylic acids is 2. The minimum absolute atomic E-state index is 0.181. The Labute approximate surface area is 164 Å². The van der Waals surface area contributed by atoms with Crippen molar-refractivity contribution in [1.29, 1.82) is 0 Å². The second-order valence-corrected chi connectivity index (χ2v) is 6.14. The summed E-state index contributed by atoms with van der Waals surface area (Å²) in [6.07, 6.45) is 0. The first-order valence-electron chi connectivity index (χ1n) is 8.53. The SMILES string of the molecule is CC(=O)Nc1cccc(Nc2ccc(NC(=O)c3ccc(F)c(F)c3F)cc2)c1. The first-order valence-corrected chi connectivity index (χ1v) is 8.53. The van der Waals surface area contributed by atoms with Crippen LogP contribution in [0.4, 0.5) is 35.9 Å². The van der Waals surface area contributed by atoms with Crippen LogP contribution in [-0.2, 0) is 4.79 Å². The van der Waals surface area contributed by atoms with Gasteiger partial charge >= 0.3 is 0 Å². The van der Waals surface area contributed by atoms with E-state index in [-0.39, 0.29) is 5.91 Å². The minimum atomic E-state index is -1.70. The Morgan fingerprint density at radius 1 is 0.724 bits per heavy atom. The van der Waals surface area contributed by atoms with Gasteiger partial charge in [-0.1, -0.05) is 6.07 Å². The van der Waals surface area contributed by atoms with Crippen LogP contribution in [-0.4, -0.2) is 11.8 Å². The van der Waals surface area contributed by atoms with Crippen LogP contribution in [0.15, 0.2) is 60.7 Å². The number of hydrogen-bond acceptors (Lipinski definition) is 3. The van der Waals surface area contributed by atoms with E-state index in [0.29, 0.717) is 23.1 Å².